The number of anilines is 1. The van der Waals surface area contributed by atoms with Crippen molar-refractivity contribution in [1.29, 1.82) is 0 Å². The summed E-state index contributed by atoms with van der Waals surface area (Å²) in [7, 11) is -0.577. The smallest absolute Gasteiger partial charge is 0.242 e. The van der Waals surface area contributed by atoms with Gasteiger partial charge in [0.1, 0.15) is 17.6 Å². The number of methoxy groups -OCH3 is 1. The Balaban J connectivity index is 1.82. The quantitative estimate of drug-likeness (QED) is 0.347. The predicted octanol–water partition coefficient (Wildman–Crippen LogP) is 3.77. The molecule has 0 heterocycles. The molecule has 1 N–H and O–H groups in total. The Hall–Kier alpha value is -3.92. The van der Waals surface area contributed by atoms with Gasteiger partial charge in [0, 0.05) is 33.0 Å². The van der Waals surface area contributed by atoms with Crippen LogP contribution in [0.5, 0.6) is 5.75 Å². The number of hydrogen-bond acceptors (Lipinski definition) is 5. The lowest BCUT2D eigenvalue weighted by Crippen LogP contribution is -2.49. The van der Waals surface area contributed by atoms with Crippen LogP contribution in [-0.2, 0) is 32.6 Å². The number of hydrogen-bond donors (Lipinski definition) is 1. The number of carbonyl (C=O) groups is 2. The molecule has 0 aliphatic rings. The molecule has 0 fully saturated rings. The maximum Gasteiger partial charge on any atom is 0.242 e. The van der Waals surface area contributed by atoms with Gasteiger partial charge in [-0.05, 0) is 53.9 Å². The average Bonchev–Trinajstić information content (AvgIpc) is 2.93. The molecule has 3 aromatic carbocycles. The van der Waals surface area contributed by atoms with Crippen LogP contribution >= 0.6 is 0 Å². The Morgan fingerprint density at radius 3 is 2.15 bits per heavy atom. The number of nitrogens with zero attached hydrogens (tertiary/aromatic N) is 2. The number of amides is 2. The molecule has 0 spiro atoms. The van der Waals surface area contributed by atoms with Crippen molar-refractivity contribution >= 4 is 27.5 Å². The molecule has 0 saturated carbocycles. The number of ether oxygens (including phenoxy) is 1. The molecule has 3 aromatic rings. The lowest BCUT2D eigenvalue weighted by atomic mass is 10.0. The third-order valence-corrected chi connectivity index (χ3v) is 7.49. The lowest BCUT2D eigenvalue weighted by molar-refractivity contribution is -0.141. The minimum Gasteiger partial charge on any atom is -0.497 e. The minimum absolute atomic E-state index is 0.00561. The normalized spacial score (nSPS) is 11.9. The van der Waals surface area contributed by atoms with E-state index in [1.165, 1.54) is 35.5 Å². The van der Waals surface area contributed by atoms with Crippen molar-refractivity contribution in [3.05, 3.63) is 95.8 Å². The largest absolute Gasteiger partial charge is 0.497 e. The number of halogens is 1. The summed E-state index contributed by atoms with van der Waals surface area (Å²) in [6.45, 7) is 0.170. The standard InChI is InChI=1S/C29H34FN3O5S/c1-31-29(35)27(20-22-8-5-4-6-9-22)32(21-23-11-13-24(30)14-12-23)28(34)10-7-19-33(39(3,36)37)25-15-17-26(38-2)18-16-25/h4-6,8-9,11-18,27H,7,10,19-21H2,1-3H3,(H,31,35)/t27-/m1/s1. The Labute approximate surface area is 229 Å². The first-order valence-electron chi connectivity index (χ1n) is 12.5. The van der Waals surface area contributed by atoms with Crippen LogP contribution in [0.3, 0.4) is 0 Å². The monoisotopic (exact) mass is 555 g/mol. The zero-order chi connectivity index (χ0) is 28.4. The molecule has 0 saturated heterocycles. The van der Waals surface area contributed by atoms with E-state index in [0.29, 0.717) is 17.0 Å². The zero-order valence-electron chi connectivity index (χ0n) is 22.3. The van der Waals surface area contributed by atoms with Gasteiger partial charge in [0.05, 0.1) is 19.1 Å². The fourth-order valence-corrected chi connectivity index (χ4v) is 5.22. The van der Waals surface area contributed by atoms with Gasteiger partial charge < -0.3 is 15.0 Å². The molecule has 0 aliphatic heterocycles. The number of carbonyl (C=O) groups excluding carboxylic acids is 2. The minimum atomic E-state index is -3.61. The number of sulfonamides is 1. The molecule has 0 bridgehead atoms. The van der Waals surface area contributed by atoms with Gasteiger partial charge in [-0.25, -0.2) is 12.8 Å². The molecule has 0 aromatic heterocycles. The number of nitrogens with one attached hydrogen (secondary N) is 1. The second-order valence-corrected chi connectivity index (χ2v) is 11.0. The maximum atomic E-state index is 13.6. The molecule has 1 atom stereocenters. The van der Waals surface area contributed by atoms with E-state index in [1.807, 2.05) is 30.3 Å². The van der Waals surface area contributed by atoms with Crippen LogP contribution in [0.15, 0.2) is 78.9 Å². The van der Waals surface area contributed by atoms with Crippen molar-refractivity contribution in [1.82, 2.24) is 10.2 Å². The van der Waals surface area contributed by atoms with E-state index in [1.54, 1.807) is 36.4 Å². The van der Waals surface area contributed by atoms with Crippen LogP contribution in [-0.4, -0.2) is 58.1 Å². The highest BCUT2D eigenvalue weighted by Crippen LogP contribution is 2.23. The molecule has 0 radical (unpaired) electrons. The summed E-state index contributed by atoms with van der Waals surface area (Å²) in [5.74, 6) is -0.446. The van der Waals surface area contributed by atoms with Gasteiger partial charge in [0.15, 0.2) is 0 Å². The summed E-state index contributed by atoms with van der Waals surface area (Å²) < 4.78 is 45.0. The van der Waals surface area contributed by atoms with Crippen LogP contribution in [0, 0.1) is 5.82 Å². The summed E-state index contributed by atoms with van der Waals surface area (Å²) in [6.07, 6.45) is 1.63. The predicted molar refractivity (Wildman–Crippen MR) is 149 cm³/mol. The molecular weight excluding hydrogens is 521 g/mol. The Bertz CT molecular complexity index is 1330. The van der Waals surface area contributed by atoms with Crippen molar-refractivity contribution in [3.63, 3.8) is 0 Å². The maximum absolute atomic E-state index is 13.6. The summed E-state index contributed by atoms with van der Waals surface area (Å²) in [4.78, 5) is 28.1. The highest BCUT2D eigenvalue weighted by atomic mass is 32.2. The van der Waals surface area contributed by atoms with Gasteiger partial charge >= 0.3 is 0 Å². The van der Waals surface area contributed by atoms with E-state index in [0.717, 1.165) is 11.8 Å². The molecular formula is C29H34FN3O5S. The van der Waals surface area contributed by atoms with Gasteiger partial charge in [-0.15, -0.1) is 0 Å². The number of likely N-dealkylation sites (N-methyl/N-ethyl adjacent to an activating group) is 1. The number of benzene rings is 3. The first kappa shape index (κ1) is 29.6. The van der Waals surface area contributed by atoms with Crippen molar-refractivity contribution in [3.8, 4) is 5.75 Å². The lowest BCUT2D eigenvalue weighted by Gasteiger charge is -2.31. The fraction of sp³-hybridized carbons (Fsp3) is 0.310. The van der Waals surface area contributed by atoms with Gasteiger partial charge in [0.2, 0.25) is 21.8 Å². The SMILES string of the molecule is CNC(=O)[C@@H](Cc1ccccc1)N(Cc1ccc(F)cc1)C(=O)CCCN(c1ccc(OC)cc1)S(C)(=O)=O. The van der Waals surface area contributed by atoms with Gasteiger partial charge in [-0.2, -0.15) is 0 Å². The van der Waals surface area contributed by atoms with Gasteiger partial charge in [-0.3, -0.25) is 13.9 Å². The van der Waals surface area contributed by atoms with Crippen molar-refractivity contribution in [2.45, 2.75) is 31.8 Å². The highest BCUT2D eigenvalue weighted by Gasteiger charge is 2.30. The third kappa shape index (κ3) is 8.54. The first-order valence-corrected chi connectivity index (χ1v) is 14.4. The second kappa shape index (κ2) is 13.7. The van der Waals surface area contributed by atoms with E-state index in [9.17, 15) is 22.4 Å². The Kier molecular flexibility index (Phi) is 10.4. The van der Waals surface area contributed by atoms with Crippen LogP contribution in [0.4, 0.5) is 10.1 Å². The molecule has 208 valence electrons. The van der Waals surface area contributed by atoms with Crippen LogP contribution in [0.2, 0.25) is 0 Å². The van der Waals surface area contributed by atoms with Crippen LogP contribution < -0.4 is 14.4 Å². The molecule has 8 nitrogen and oxygen atoms in total. The third-order valence-electron chi connectivity index (χ3n) is 6.30. The van der Waals surface area contributed by atoms with Crippen LogP contribution in [0.1, 0.15) is 24.0 Å². The van der Waals surface area contributed by atoms with Crippen molar-refractivity contribution in [2.24, 2.45) is 0 Å². The van der Waals surface area contributed by atoms with E-state index < -0.39 is 21.9 Å². The molecule has 3 rings (SSSR count). The summed E-state index contributed by atoms with van der Waals surface area (Å²) in [6, 6.07) is 20.9. The van der Waals surface area contributed by atoms with Crippen LogP contribution in [0.25, 0.3) is 0 Å². The van der Waals surface area contributed by atoms with E-state index >= 15 is 0 Å². The molecule has 0 unspecified atom stereocenters. The Morgan fingerprint density at radius 1 is 0.949 bits per heavy atom. The highest BCUT2D eigenvalue weighted by molar-refractivity contribution is 7.92. The summed E-state index contributed by atoms with van der Waals surface area (Å²) in [5.41, 5.74) is 2.01. The summed E-state index contributed by atoms with van der Waals surface area (Å²) in [5, 5.41) is 2.65. The average molecular weight is 556 g/mol. The molecule has 10 heteroatoms. The topological polar surface area (TPSA) is 96.0 Å². The Morgan fingerprint density at radius 2 is 1.59 bits per heavy atom. The van der Waals surface area contributed by atoms with E-state index in [4.69, 9.17) is 4.74 Å². The molecule has 2 amide bonds. The van der Waals surface area contributed by atoms with E-state index in [2.05, 4.69) is 5.32 Å². The van der Waals surface area contributed by atoms with Crippen molar-refractivity contribution in [2.75, 3.05) is 31.3 Å². The summed E-state index contributed by atoms with van der Waals surface area (Å²) >= 11 is 0. The van der Waals surface area contributed by atoms with Crippen molar-refractivity contribution < 1.29 is 27.1 Å². The van der Waals surface area contributed by atoms with Gasteiger partial charge in [-0.1, -0.05) is 42.5 Å². The molecule has 39 heavy (non-hydrogen) atoms. The first-order chi connectivity index (χ1) is 18.6. The van der Waals surface area contributed by atoms with E-state index in [-0.39, 0.29) is 44.2 Å². The van der Waals surface area contributed by atoms with Gasteiger partial charge in [0.25, 0.3) is 0 Å². The number of rotatable bonds is 13. The zero-order valence-corrected chi connectivity index (χ0v) is 23.2. The fourth-order valence-electron chi connectivity index (χ4n) is 4.26. The second-order valence-electron chi connectivity index (χ2n) is 9.10. The molecule has 0 aliphatic carbocycles.